The van der Waals surface area contributed by atoms with Crippen LogP contribution in [0.4, 0.5) is 5.69 Å². The molecule has 1 N–H and O–H groups in total. The number of hydrogen-bond acceptors (Lipinski definition) is 3. The van der Waals surface area contributed by atoms with Crippen LogP contribution in [0.25, 0.3) is 0 Å². The van der Waals surface area contributed by atoms with Crippen molar-refractivity contribution < 1.29 is 4.74 Å². The van der Waals surface area contributed by atoms with Gasteiger partial charge in [0.2, 0.25) is 0 Å². The van der Waals surface area contributed by atoms with Crippen LogP contribution in [0.15, 0.2) is 18.2 Å². The van der Waals surface area contributed by atoms with Crippen LogP contribution < -0.4 is 10.2 Å². The van der Waals surface area contributed by atoms with Gasteiger partial charge in [0, 0.05) is 18.6 Å². The van der Waals surface area contributed by atoms with E-state index in [0.717, 1.165) is 23.9 Å². The first-order valence-electron chi connectivity index (χ1n) is 6.88. The normalized spacial score (nSPS) is 25.4. The van der Waals surface area contributed by atoms with Crippen LogP contribution in [0.5, 0.6) is 0 Å². The maximum absolute atomic E-state index is 6.47. The van der Waals surface area contributed by atoms with E-state index in [-0.39, 0.29) is 6.10 Å². The number of ether oxygens (including phenoxy) is 1. The van der Waals surface area contributed by atoms with Crippen LogP contribution in [0.2, 0.25) is 5.02 Å². The third kappa shape index (κ3) is 3.22. The number of benzene rings is 1. The van der Waals surface area contributed by atoms with Gasteiger partial charge in [0.1, 0.15) is 0 Å². The van der Waals surface area contributed by atoms with Gasteiger partial charge in [-0.05, 0) is 45.5 Å². The number of hydrogen-bond donors (Lipinski definition) is 1. The molecule has 0 aliphatic carbocycles. The van der Waals surface area contributed by atoms with E-state index in [1.165, 1.54) is 5.56 Å². The van der Waals surface area contributed by atoms with Gasteiger partial charge in [0.25, 0.3) is 0 Å². The number of nitrogens with one attached hydrogen (secondary N) is 1. The number of halogens is 1. The molecule has 106 valence electrons. The molecule has 2 rings (SSSR count). The van der Waals surface area contributed by atoms with Crippen molar-refractivity contribution in [2.45, 2.75) is 39.0 Å². The average Bonchev–Trinajstić information content (AvgIpc) is 2.41. The van der Waals surface area contributed by atoms with E-state index in [0.29, 0.717) is 12.1 Å². The van der Waals surface area contributed by atoms with E-state index in [9.17, 15) is 0 Å². The molecule has 3 nitrogen and oxygen atoms in total. The minimum atomic E-state index is 0.253. The van der Waals surface area contributed by atoms with Crippen LogP contribution in [0.1, 0.15) is 32.4 Å². The second-order valence-corrected chi connectivity index (χ2v) is 5.77. The van der Waals surface area contributed by atoms with Gasteiger partial charge in [0.05, 0.1) is 23.4 Å². The van der Waals surface area contributed by atoms with Crippen molar-refractivity contribution in [2.24, 2.45) is 0 Å². The lowest BCUT2D eigenvalue weighted by molar-refractivity contribution is 0.0344. The number of nitrogens with zero attached hydrogens (tertiary/aromatic N) is 1. The highest BCUT2D eigenvalue weighted by Gasteiger charge is 2.25. The van der Waals surface area contributed by atoms with Gasteiger partial charge in [-0.25, -0.2) is 0 Å². The molecule has 0 spiro atoms. The summed E-state index contributed by atoms with van der Waals surface area (Å²) in [5, 5.41) is 4.05. The van der Waals surface area contributed by atoms with Crippen LogP contribution in [-0.2, 0) is 4.74 Å². The van der Waals surface area contributed by atoms with Gasteiger partial charge >= 0.3 is 0 Å². The molecule has 0 amide bonds. The molecule has 1 aromatic rings. The van der Waals surface area contributed by atoms with Gasteiger partial charge < -0.3 is 15.0 Å². The summed E-state index contributed by atoms with van der Waals surface area (Å²) in [6.07, 6.45) is 0.253. The van der Waals surface area contributed by atoms with E-state index < -0.39 is 0 Å². The molecule has 3 atom stereocenters. The highest BCUT2D eigenvalue weighted by molar-refractivity contribution is 6.33. The maximum atomic E-state index is 6.47. The molecule has 1 aliphatic heterocycles. The zero-order valence-electron chi connectivity index (χ0n) is 12.1. The molecule has 0 saturated carbocycles. The SMILES string of the molecule is CNC(C)c1ccc(N2CC(C)OCC2C)c(Cl)c1. The first-order chi connectivity index (χ1) is 9.02. The Labute approximate surface area is 120 Å². The van der Waals surface area contributed by atoms with Crippen LogP contribution in [0.3, 0.4) is 0 Å². The zero-order chi connectivity index (χ0) is 14.0. The Balaban J connectivity index is 2.25. The summed E-state index contributed by atoms with van der Waals surface area (Å²) >= 11 is 6.47. The van der Waals surface area contributed by atoms with Gasteiger partial charge in [-0.15, -0.1) is 0 Å². The van der Waals surface area contributed by atoms with Crippen molar-refractivity contribution in [3.05, 3.63) is 28.8 Å². The van der Waals surface area contributed by atoms with Crippen molar-refractivity contribution in [3.63, 3.8) is 0 Å². The Kier molecular flexibility index (Phi) is 4.71. The second kappa shape index (κ2) is 6.12. The molecular weight excluding hydrogens is 260 g/mol. The predicted molar refractivity (Wildman–Crippen MR) is 81.1 cm³/mol. The molecule has 1 fully saturated rings. The highest BCUT2D eigenvalue weighted by Crippen LogP contribution is 2.31. The molecule has 19 heavy (non-hydrogen) atoms. The molecule has 0 bridgehead atoms. The standard InChI is InChI=1S/C15H23ClN2O/c1-10-9-19-11(2)8-18(10)15-6-5-13(7-14(15)16)12(3)17-4/h5-7,10-12,17H,8-9H2,1-4H3. The van der Waals surface area contributed by atoms with Gasteiger partial charge in [-0.2, -0.15) is 0 Å². The summed E-state index contributed by atoms with van der Waals surface area (Å²) < 4.78 is 5.67. The van der Waals surface area contributed by atoms with Crippen LogP contribution in [0, 0.1) is 0 Å². The fraction of sp³-hybridized carbons (Fsp3) is 0.600. The third-order valence-electron chi connectivity index (χ3n) is 3.82. The minimum Gasteiger partial charge on any atom is -0.375 e. The molecule has 1 saturated heterocycles. The third-order valence-corrected chi connectivity index (χ3v) is 4.12. The first kappa shape index (κ1) is 14.6. The lowest BCUT2D eigenvalue weighted by atomic mass is 10.1. The summed E-state index contributed by atoms with van der Waals surface area (Å²) in [5.41, 5.74) is 2.32. The lowest BCUT2D eigenvalue weighted by Gasteiger charge is -2.39. The summed E-state index contributed by atoms with van der Waals surface area (Å²) in [7, 11) is 1.96. The van der Waals surface area contributed by atoms with E-state index >= 15 is 0 Å². The molecule has 4 heteroatoms. The Morgan fingerprint density at radius 1 is 1.42 bits per heavy atom. The molecule has 0 radical (unpaired) electrons. The Hall–Kier alpha value is -0.770. The van der Waals surface area contributed by atoms with Crippen molar-refractivity contribution in [3.8, 4) is 0 Å². The Morgan fingerprint density at radius 2 is 2.16 bits per heavy atom. The Morgan fingerprint density at radius 3 is 2.79 bits per heavy atom. The van der Waals surface area contributed by atoms with E-state index in [1.807, 2.05) is 7.05 Å². The largest absolute Gasteiger partial charge is 0.375 e. The molecule has 1 aliphatic rings. The van der Waals surface area contributed by atoms with Crippen LogP contribution in [-0.4, -0.2) is 32.3 Å². The fourth-order valence-electron chi connectivity index (χ4n) is 2.43. The van der Waals surface area contributed by atoms with Crippen molar-refractivity contribution in [1.29, 1.82) is 0 Å². The average molecular weight is 283 g/mol. The van der Waals surface area contributed by atoms with Crippen molar-refractivity contribution in [2.75, 3.05) is 25.1 Å². The fourth-order valence-corrected chi connectivity index (χ4v) is 2.73. The van der Waals surface area contributed by atoms with E-state index in [1.54, 1.807) is 0 Å². The minimum absolute atomic E-state index is 0.253. The molecular formula is C15H23ClN2O. The molecule has 3 unspecified atom stereocenters. The van der Waals surface area contributed by atoms with E-state index in [2.05, 4.69) is 49.2 Å². The number of rotatable bonds is 3. The van der Waals surface area contributed by atoms with Crippen molar-refractivity contribution >= 4 is 17.3 Å². The topological polar surface area (TPSA) is 24.5 Å². The van der Waals surface area contributed by atoms with Crippen LogP contribution >= 0.6 is 11.6 Å². The van der Waals surface area contributed by atoms with Gasteiger partial charge in [-0.1, -0.05) is 17.7 Å². The monoisotopic (exact) mass is 282 g/mol. The summed E-state index contributed by atoms with van der Waals surface area (Å²) in [5.74, 6) is 0. The molecule has 0 aromatic heterocycles. The van der Waals surface area contributed by atoms with Gasteiger partial charge in [-0.3, -0.25) is 0 Å². The Bertz CT molecular complexity index is 438. The number of morpholine rings is 1. The van der Waals surface area contributed by atoms with Gasteiger partial charge in [0.15, 0.2) is 0 Å². The second-order valence-electron chi connectivity index (χ2n) is 5.37. The first-order valence-corrected chi connectivity index (χ1v) is 7.25. The zero-order valence-corrected chi connectivity index (χ0v) is 12.9. The number of anilines is 1. The summed E-state index contributed by atoms with van der Waals surface area (Å²) in [4.78, 5) is 2.34. The molecule has 1 aromatic carbocycles. The molecule has 1 heterocycles. The smallest absolute Gasteiger partial charge is 0.0723 e. The summed E-state index contributed by atoms with van der Waals surface area (Å²) in [6, 6.07) is 7.01. The van der Waals surface area contributed by atoms with E-state index in [4.69, 9.17) is 16.3 Å². The summed E-state index contributed by atoms with van der Waals surface area (Å²) in [6.45, 7) is 8.05. The highest BCUT2D eigenvalue weighted by atomic mass is 35.5. The van der Waals surface area contributed by atoms with Crippen molar-refractivity contribution in [1.82, 2.24) is 5.32 Å². The maximum Gasteiger partial charge on any atom is 0.0723 e. The predicted octanol–water partition coefficient (Wildman–Crippen LogP) is 3.23. The lowest BCUT2D eigenvalue weighted by Crippen LogP contribution is -2.47. The quantitative estimate of drug-likeness (QED) is 0.921.